The summed E-state index contributed by atoms with van der Waals surface area (Å²) in [5, 5.41) is 8.53. The van der Waals surface area contributed by atoms with Gasteiger partial charge in [-0.05, 0) is 29.8 Å². The summed E-state index contributed by atoms with van der Waals surface area (Å²) >= 11 is 3.22. The molecule has 0 amide bonds. The summed E-state index contributed by atoms with van der Waals surface area (Å²) in [5.74, 6) is -2.43. The van der Waals surface area contributed by atoms with Crippen molar-refractivity contribution in [1.29, 1.82) is 0 Å². The van der Waals surface area contributed by atoms with Crippen LogP contribution in [0.25, 0.3) is 16.9 Å². The molecule has 1 fully saturated rings. The number of halogens is 3. The Morgan fingerprint density at radius 1 is 1.37 bits per heavy atom. The zero-order chi connectivity index (χ0) is 19.2. The van der Waals surface area contributed by atoms with Crippen LogP contribution in [0.5, 0.6) is 5.88 Å². The molecule has 0 N–H and O–H groups in total. The second-order valence-corrected chi connectivity index (χ2v) is 7.04. The molecule has 0 aromatic carbocycles. The summed E-state index contributed by atoms with van der Waals surface area (Å²) in [7, 11) is 0. The van der Waals surface area contributed by atoms with Gasteiger partial charge in [-0.2, -0.15) is 14.6 Å². The maximum absolute atomic E-state index is 13.2. The number of nitrogens with zero attached hydrogens (tertiary/aromatic N) is 6. The molecule has 1 atom stereocenters. The highest BCUT2D eigenvalue weighted by molar-refractivity contribution is 9.10. The molecule has 3 heterocycles. The maximum atomic E-state index is 13.2. The van der Waals surface area contributed by atoms with Crippen LogP contribution in [0.1, 0.15) is 32.9 Å². The molecule has 0 bridgehead atoms. The van der Waals surface area contributed by atoms with Gasteiger partial charge in [-0.1, -0.05) is 0 Å². The summed E-state index contributed by atoms with van der Waals surface area (Å²) in [6.45, 7) is 4.33. The Morgan fingerprint density at radius 3 is 2.85 bits per heavy atom. The van der Waals surface area contributed by atoms with Crippen LogP contribution in [0.15, 0.2) is 23.3 Å². The minimum absolute atomic E-state index is 0.248. The van der Waals surface area contributed by atoms with Gasteiger partial charge in [0.05, 0.1) is 12.4 Å². The van der Waals surface area contributed by atoms with Gasteiger partial charge >= 0.3 is 0 Å². The standard InChI is InChI=1S/C16H17BrF2N6O2/c1-3-26-9(2)24-8-10(6-21-24)13-14(27-11-4-16(18,19)5-11)25-12(7-20-13)22-15(17)23-25/h6-9,11H,3-5H2,1-2H3. The van der Waals surface area contributed by atoms with E-state index in [0.717, 1.165) is 0 Å². The minimum atomic E-state index is -2.69. The molecule has 0 saturated heterocycles. The van der Waals surface area contributed by atoms with E-state index in [9.17, 15) is 8.78 Å². The van der Waals surface area contributed by atoms with Crippen LogP contribution in [0.2, 0.25) is 0 Å². The SMILES string of the molecule is CCOC(C)n1cc(-c2ncc3nc(Br)nn3c2OC2CC(F)(F)C2)cn1. The molecule has 27 heavy (non-hydrogen) atoms. The highest BCUT2D eigenvalue weighted by Gasteiger charge is 2.47. The number of rotatable bonds is 6. The lowest BCUT2D eigenvalue weighted by molar-refractivity contribution is -0.135. The third-order valence-electron chi connectivity index (χ3n) is 4.30. The molecule has 144 valence electrons. The molecule has 3 aromatic heterocycles. The number of hydrogen-bond acceptors (Lipinski definition) is 6. The van der Waals surface area contributed by atoms with Gasteiger partial charge in [0.15, 0.2) is 5.65 Å². The number of aromatic nitrogens is 6. The van der Waals surface area contributed by atoms with Gasteiger partial charge in [0.25, 0.3) is 5.92 Å². The normalized spacial score (nSPS) is 17.8. The van der Waals surface area contributed by atoms with Gasteiger partial charge in [-0.25, -0.2) is 18.4 Å². The van der Waals surface area contributed by atoms with Crippen molar-refractivity contribution in [2.75, 3.05) is 6.61 Å². The average Bonchev–Trinajstić information content (AvgIpc) is 3.19. The van der Waals surface area contributed by atoms with E-state index in [0.29, 0.717) is 28.2 Å². The first-order valence-corrected chi connectivity index (χ1v) is 9.27. The second-order valence-electron chi connectivity index (χ2n) is 6.33. The fourth-order valence-electron chi connectivity index (χ4n) is 2.94. The summed E-state index contributed by atoms with van der Waals surface area (Å²) in [6.07, 6.45) is 3.41. The first kappa shape index (κ1) is 18.2. The monoisotopic (exact) mass is 442 g/mol. The van der Waals surface area contributed by atoms with Gasteiger partial charge in [-0.15, -0.1) is 5.10 Å². The first-order chi connectivity index (χ1) is 12.9. The largest absolute Gasteiger partial charge is 0.472 e. The highest BCUT2D eigenvalue weighted by Crippen LogP contribution is 2.41. The van der Waals surface area contributed by atoms with Crippen molar-refractivity contribution >= 4 is 21.6 Å². The lowest BCUT2D eigenvalue weighted by Crippen LogP contribution is -2.43. The predicted molar refractivity (Wildman–Crippen MR) is 94.6 cm³/mol. The van der Waals surface area contributed by atoms with Crippen molar-refractivity contribution < 1.29 is 18.3 Å². The molecule has 3 aromatic rings. The molecule has 1 aliphatic rings. The van der Waals surface area contributed by atoms with Gasteiger partial charge in [0.1, 0.15) is 18.0 Å². The summed E-state index contributed by atoms with van der Waals surface area (Å²) in [5.41, 5.74) is 1.56. The molecule has 4 rings (SSSR count). The van der Waals surface area contributed by atoms with Gasteiger partial charge in [-0.3, -0.25) is 0 Å². The molecule has 8 nitrogen and oxygen atoms in total. The van der Waals surface area contributed by atoms with Crippen LogP contribution in [0.3, 0.4) is 0 Å². The van der Waals surface area contributed by atoms with Gasteiger partial charge in [0.2, 0.25) is 10.6 Å². The summed E-state index contributed by atoms with van der Waals surface area (Å²) < 4.78 is 41.3. The fourth-order valence-corrected chi connectivity index (χ4v) is 3.28. The molecule has 1 unspecified atom stereocenters. The third kappa shape index (κ3) is 3.53. The quantitative estimate of drug-likeness (QED) is 0.581. The van der Waals surface area contributed by atoms with Crippen LogP contribution in [-0.4, -0.2) is 48.0 Å². The number of hydrogen-bond donors (Lipinski definition) is 0. The Hall–Kier alpha value is -2.14. The van der Waals surface area contributed by atoms with E-state index >= 15 is 0 Å². The maximum Gasteiger partial charge on any atom is 0.255 e. The van der Waals surface area contributed by atoms with Crippen molar-refractivity contribution in [3.05, 3.63) is 23.3 Å². The van der Waals surface area contributed by atoms with E-state index in [2.05, 4.69) is 36.1 Å². The molecule has 11 heteroatoms. The van der Waals surface area contributed by atoms with Crippen LogP contribution < -0.4 is 4.74 Å². The lowest BCUT2D eigenvalue weighted by Gasteiger charge is -2.34. The molecule has 1 aliphatic carbocycles. The van der Waals surface area contributed by atoms with E-state index in [1.54, 1.807) is 23.3 Å². The Labute approximate surface area is 161 Å². The number of alkyl halides is 2. The molecular formula is C16H17BrF2N6O2. The summed E-state index contributed by atoms with van der Waals surface area (Å²) in [6, 6.07) is 0. The fraction of sp³-hybridized carbons (Fsp3) is 0.500. The number of fused-ring (bicyclic) bond motifs is 1. The Kier molecular flexibility index (Phi) is 4.58. The van der Waals surface area contributed by atoms with Gasteiger partial charge in [0, 0.05) is 31.2 Å². The van der Waals surface area contributed by atoms with Gasteiger partial charge < -0.3 is 9.47 Å². The predicted octanol–water partition coefficient (Wildman–Crippen LogP) is 3.48. The smallest absolute Gasteiger partial charge is 0.255 e. The van der Waals surface area contributed by atoms with E-state index in [-0.39, 0.29) is 24.9 Å². The average molecular weight is 443 g/mol. The van der Waals surface area contributed by atoms with Crippen LogP contribution in [0.4, 0.5) is 8.78 Å². The Morgan fingerprint density at radius 2 is 2.15 bits per heavy atom. The van der Waals surface area contributed by atoms with Crippen molar-refractivity contribution in [1.82, 2.24) is 29.4 Å². The lowest BCUT2D eigenvalue weighted by atomic mass is 9.91. The minimum Gasteiger partial charge on any atom is -0.472 e. The molecule has 0 spiro atoms. The van der Waals surface area contributed by atoms with E-state index in [4.69, 9.17) is 9.47 Å². The summed E-state index contributed by atoms with van der Waals surface area (Å²) in [4.78, 5) is 8.59. The molecule has 0 aliphatic heterocycles. The van der Waals surface area contributed by atoms with E-state index < -0.39 is 12.0 Å². The van der Waals surface area contributed by atoms with Crippen LogP contribution in [0, 0.1) is 0 Å². The zero-order valence-electron chi connectivity index (χ0n) is 14.6. The highest BCUT2D eigenvalue weighted by atomic mass is 79.9. The zero-order valence-corrected chi connectivity index (χ0v) is 16.2. The van der Waals surface area contributed by atoms with Crippen molar-refractivity contribution in [2.24, 2.45) is 0 Å². The van der Waals surface area contributed by atoms with Crippen LogP contribution in [-0.2, 0) is 4.74 Å². The number of ether oxygens (including phenoxy) is 2. The topological polar surface area (TPSA) is 79.4 Å². The Bertz CT molecular complexity index is 967. The molecular weight excluding hydrogens is 426 g/mol. The molecule has 1 saturated carbocycles. The van der Waals surface area contributed by atoms with E-state index in [1.807, 2.05) is 13.8 Å². The van der Waals surface area contributed by atoms with Crippen molar-refractivity contribution in [3.8, 4) is 17.1 Å². The van der Waals surface area contributed by atoms with E-state index in [1.165, 1.54) is 4.52 Å². The molecule has 0 radical (unpaired) electrons. The third-order valence-corrected chi connectivity index (χ3v) is 4.63. The van der Waals surface area contributed by atoms with Crippen LogP contribution >= 0.6 is 15.9 Å². The van der Waals surface area contributed by atoms with Crippen molar-refractivity contribution in [3.63, 3.8) is 0 Å². The van der Waals surface area contributed by atoms with Crippen molar-refractivity contribution in [2.45, 2.75) is 44.9 Å². The Balaban J connectivity index is 1.72. The second kappa shape index (κ2) is 6.79. The first-order valence-electron chi connectivity index (χ1n) is 8.48.